The van der Waals surface area contributed by atoms with Gasteiger partial charge in [-0.3, -0.25) is 39.3 Å². The Hall–Kier alpha value is -6.54. The predicted octanol–water partition coefficient (Wildman–Crippen LogP) is 4.61. The van der Waals surface area contributed by atoms with Gasteiger partial charge in [0.1, 0.15) is 35.4 Å². The van der Waals surface area contributed by atoms with E-state index in [1.165, 1.54) is 6.07 Å². The number of fused-ring (bicyclic) bond motifs is 6. The minimum atomic E-state index is -1.05. The molecule has 4 amide bonds. The number of carbonyl (C=O) groups excluding carboxylic acids is 4. The van der Waals surface area contributed by atoms with Gasteiger partial charge in [-0.1, -0.05) is 30.2 Å². The van der Waals surface area contributed by atoms with Crippen LogP contribution in [0.4, 0.5) is 10.2 Å². The van der Waals surface area contributed by atoms with Crippen LogP contribution in [0.3, 0.4) is 0 Å². The van der Waals surface area contributed by atoms with Gasteiger partial charge >= 0.3 is 6.01 Å². The Morgan fingerprint density at radius 2 is 1.80 bits per heavy atom. The van der Waals surface area contributed by atoms with Gasteiger partial charge in [0.05, 0.1) is 35.3 Å². The van der Waals surface area contributed by atoms with E-state index in [2.05, 4.69) is 31.3 Å². The lowest BCUT2D eigenvalue weighted by Gasteiger charge is -2.35. The van der Waals surface area contributed by atoms with E-state index >= 15 is 4.39 Å². The molecule has 11 rings (SSSR count). The molecule has 3 aromatic carbocycles. The summed E-state index contributed by atoms with van der Waals surface area (Å²) in [6, 6.07) is 13.1. The Labute approximate surface area is 367 Å². The quantitative estimate of drug-likeness (QED) is 0.131. The van der Waals surface area contributed by atoms with Crippen molar-refractivity contribution < 1.29 is 38.1 Å². The number of anilines is 1. The molecule has 6 aliphatic heterocycles. The second-order valence-corrected chi connectivity index (χ2v) is 17.9. The number of carbonyl (C=O) groups is 4. The minimum Gasteiger partial charge on any atom is -0.508 e. The molecule has 16 heteroatoms. The summed E-state index contributed by atoms with van der Waals surface area (Å²) in [5.74, 6) is 0.346. The number of aromatic hydroxyl groups is 1. The molecule has 0 aliphatic carbocycles. The number of hydrogen-bond acceptors (Lipinski definition) is 13. The number of nitrogens with one attached hydrogen (secondary N) is 2. The number of piperidine rings is 1. The lowest BCUT2D eigenvalue weighted by atomic mass is 9.95. The highest BCUT2D eigenvalue weighted by molar-refractivity contribution is 6.24. The van der Waals surface area contributed by atoms with Gasteiger partial charge in [-0.2, -0.15) is 9.97 Å². The summed E-state index contributed by atoms with van der Waals surface area (Å²) < 4.78 is 30.1. The van der Waals surface area contributed by atoms with Crippen LogP contribution in [-0.2, 0) is 20.9 Å². The number of hydrogen-bond donors (Lipinski definition) is 3. The van der Waals surface area contributed by atoms with Crippen LogP contribution < -0.4 is 20.3 Å². The average Bonchev–Trinajstić information content (AvgIpc) is 4.03. The van der Waals surface area contributed by atoms with Crippen LogP contribution >= 0.6 is 0 Å². The van der Waals surface area contributed by atoms with Gasteiger partial charge in [-0.15, -0.1) is 6.42 Å². The van der Waals surface area contributed by atoms with Crippen molar-refractivity contribution in [1.29, 1.82) is 0 Å². The molecule has 3 N–H and O–H groups in total. The van der Waals surface area contributed by atoms with E-state index in [1.807, 2.05) is 6.07 Å². The van der Waals surface area contributed by atoms with Crippen LogP contribution in [0, 0.1) is 18.2 Å². The van der Waals surface area contributed by atoms with Crippen molar-refractivity contribution in [2.24, 2.45) is 0 Å². The van der Waals surface area contributed by atoms with E-state index in [4.69, 9.17) is 25.9 Å². The van der Waals surface area contributed by atoms with Crippen molar-refractivity contribution in [3.63, 3.8) is 0 Å². The second kappa shape index (κ2) is 15.6. The smallest absolute Gasteiger partial charge is 0.319 e. The van der Waals surface area contributed by atoms with Crippen LogP contribution in [-0.4, -0.2) is 116 Å². The van der Waals surface area contributed by atoms with E-state index in [1.54, 1.807) is 42.6 Å². The summed E-state index contributed by atoms with van der Waals surface area (Å²) in [5, 5.41) is 18.3. The zero-order valence-corrected chi connectivity index (χ0v) is 34.9. The summed E-state index contributed by atoms with van der Waals surface area (Å²) in [5.41, 5.74) is 1.65. The maximum atomic E-state index is 17.2. The van der Waals surface area contributed by atoms with Gasteiger partial charge in [0.25, 0.3) is 11.8 Å². The molecule has 2 unspecified atom stereocenters. The van der Waals surface area contributed by atoms with Crippen LogP contribution in [0.1, 0.15) is 83.2 Å². The van der Waals surface area contributed by atoms with E-state index in [0.29, 0.717) is 58.4 Å². The highest BCUT2D eigenvalue weighted by Gasteiger charge is 2.50. The number of aromatic nitrogens is 3. The number of terminal acetylenes is 1. The molecule has 0 radical (unpaired) electrons. The first kappa shape index (κ1) is 40.2. The van der Waals surface area contributed by atoms with Crippen molar-refractivity contribution in [1.82, 2.24) is 35.4 Å². The molecule has 64 heavy (non-hydrogen) atoms. The molecule has 5 atom stereocenters. The largest absolute Gasteiger partial charge is 0.508 e. The molecule has 2 bridgehead atoms. The number of phenols is 1. The number of pyridine rings is 1. The normalized spacial score (nSPS) is 25.3. The summed E-state index contributed by atoms with van der Waals surface area (Å²) in [7, 11) is 0. The summed E-state index contributed by atoms with van der Waals surface area (Å²) >= 11 is 0. The third-order valence-corrected chi connectivity index (χ3v) is 14.2. The van der Waals surface area contributed by atoms with Gasteiger partial charge in [-0.05, 0) is 86.7 Å². The topological polar surface area (TPSA) is 179 Å². The van der Waals surface area contributed by atoms with E-state index in [-0.39, 0.29) is 83.8 Å². The zero-order valence-electron chi connectivity index (χ0n) is 34.9. The molecular weight excluding hydrogens is 820 g/mol. The molecule has 5 fully saturated rings. The molecule has 0 saturated carbocycles. The Kier molecular flexibility index (Phi) is 9.82. The van der Waals surface area contributed by atoms with E-state index < -0.39 is 35.5 Å². The minimum absolute atomic E-state index is 0.00865. The lowest BCUT2D eigenvalue weighted by Crippen LogP contribution is -2.54. The van der Waals surface area contributed by atoms with E-state index in [9.17, 15) is 24.3 Å². The van der Waals surface area contributed by atoms with Crippen LogP contribution in [0.2, 0.25) is 0 Å². The fourth-order valence-corrected chi connectivity index (χ4v) is 11.2. The summed E-state index contributed by atoms with van der Waals surface area (Å²) in [6.07, 6.45) is 13.2. The monoisotopic (exact) mass is 864 g/mol. The molecular formula is C48H45FN8O7. The van der Waals surface area contributed by atoms with E-state index in [0.717, 1.165) is 50.0 Å². The molecule has 15 nitrogen and oxygen atoms in total. The highest BCUT2D eigenvalue weighted by Crippen LogP contribution is 2.44. The van der Waals surface area contributed by atoms with Crippen molar-refractivity contribution in [3.8, 4) is 35.4 Å². The van der Waals surface area contributed by atoms with Crippen LogP contribution in [0.25, 0.3) is 32.9 Å². The number of imide groups is 2. The number of halogens is 1. The Balaban J connectivity index is 0.843. The van der Waals surface area contributed by atoms with Gasteiger partial charge in [0.2, 0.25) is 11.8 Å². The number of phenolic OH excluding ortho intramolecular Hbond substituents is 1. The second-order valence-electron chi connectivity index (χ2n) is 17.9. The Morgan fingerprint density at radius 1 is 0.969 bits per heavy atom. The molecule has 0 spiro atoms. The first-order chi connectivity index (χ1) is 31.1. The average molecular weight is 865 g/mol. The standard InChI is InChI=1S/C48H45FN8O7/c1-2-26-6-3-7-27-18-32(58)19-34(38(26)27)41-40(49)42-35(20-50-41)43(55-21-29-10-11-30(22-55)51-29)54-47(53-42)64-25-48-15-5-17-56(48)31(14-16-48)24-63-23-28-8-4-9-33-39(28)46(62)57(45(33)61)36-12-13-37(59)52-44(36)60/h1,3-4,6-9,18-20,29-31,36,51,58H,5,10-17,21-25H2,(H,52,59,60)/t29-,30+,31?,36?,48-/m0/s1. The first-order valence-electron chi connectivity index (χ1n) is 22.0. The number of piperazine rings is 1. The van der Waals surface area contributed by atoms with Crippen LogP contribution in [0.15, 0.2) is 54.7 Å². The van der Waals surface area contributed by atoms with Gasteiger partial charge < -0.3 is 24.8 Å². The fraction of sp³-hybridized carbons (Fsp3) is 0.396. The van der Waals surface area contributed by atoms with Crippen LogP contribution in [0.5, 0.6) is 11.8 Å². The van der Waals surface area contributed by atoms with Crippen molar-refractivity contribution >= 4 is 51.1 Å². The first-order valence-corrected chi connectivity index (χ1v) is 22.0. The molecule has 8 heterocycles. The van der Waals surface area contributed by atoms with Crippen molar-refractivity contribution in [2.75, 3.05) is 37.7 Å². The Morgan fingerprint density at radius 3 is 2.61 bits per heavy atom. The molecule has 2 aromatic heterocycles. The highest BCUT2D eigenvalue weighted by atomic mass is 19.1. The Bertz CT molecular complexity index is 2860. The van der Waals surface area contributed by atoms with Gasteiger partial charge in [-0.25, -0.2) is 4.39 Å². The van der Waals surface area contributed by atoms with Gasteiger partial charge in [0, 0.05) is 60.3 Å². The van der Waals surface area contributed by atoms with Crippen molar-refractivity contribution in [2.45, 2.75) is 87.7 Å². The van der Waals surface area contributed by atoms with Gasteiger partial charge in [0.15, 0.2) is 5.82 Å². The number of benzene rings is 3. The molecule has 326 valence electrons. The summed E-state index contributed by atoms with van der Waals surface area (Å²) in [6.45, 7) is 2.97. The third-order valence-electron chi connectivity index (χ3n) is 14.2. The molecule has 6 aliphatic rings. The maximum Gasteiger partial charge on any atom is 0.319 e. The number of nitrogens with zero attached hydrogens (tertiary/aromatic N) is 6. The predicted molar refractivity (Wildman–Crippen MR) is 232 cm³/mol. The SMILES string of the molecule is C#Cc1cccc2cc(O)cc(-c3ncc4c(N5C[C@H]6CC[C@@H](C5)N6)nc(OC[C@@]56CCCN5C(COCc5cccc7c5C(=O)N(C5CCC(=O)NC5=O)C7=O)CC6)nc4c3F)c12. The molecule has 5 aromatic rings. The summed E-state index contributed by atoms with van der Waals surface area (Å²) in [4.78, 5) is 71.3. The zero-order chi connectivity index (χ0) is 43.9. The number of ether oxygens (including phenoxy) is 2. The lowest BCUT2D eigenvalue weighted by molar-refractivity contribution is -0.136. The number of amides is 4. The fourth-order valence-electron chi connectivity index (χ4n) is 11.2. The van der Waals surface area contributed by atoms with Crippen molar-refractivity contribution in [3.05, 3.63) is 82.8 Å². The third kappa shape index (κ3) is 6.63. The number of rotatable bonds is 10. The maximum absolute atomic E-state index is 17.2. The molecule has 5 saturated heterocycles.